The summed E-state index contributed by atoms with van der Waals surface area (Å²) in [6.45, 7) is 6.02. The van der Waals surface area contributed by atoms with Crippen molar-refractivity contribution in [3.05, 3.63) is 35.4 Å². The zero-order valence-corrected chi connectivity index (χ0v) is 9.35. The van der Waals surface area contributed by atoms with Crippen LogP contribution in [0.2, 0.25) is 0 Å². The molecule has 0 amide bonds. The Balaban J connectivity index is 2.77. The maximum Gasteiger partial charge on any atom is 0.126 e. The van der Waals surface area contributed by atoms with Gasteiger partial charge in [0.05, 0.1) is 0 Å². The van der Waals surface area contributed by atoms with Gasteiger partial charge in [-0.2, -0.15) is 0 Å². The second kappa shape index (κ2) is 5.21. The monoisotopic (exact) mass is 213 g/mol. The van der Waals surface area contributed by atoms with Crippen LogP contribution in [-0.2, 0) is 0 Å². The highest BCUT2D eigenvalue weighted by molar-refractivity contribution is 5.20. The number of halogens is 2. The normalized spacial score (nSPS) is 15.0. The molecule has 0 saturated heterocycles. The van der Waals surface area contributed by atoms with Crippen LogP contribution in [0.1, 0.15) is 38.8 Å². The minimum Gasteiger partial charge on any atom is -0.308 e. The van der Waals surface area contributed by atoms with E-state index in [1.165, 1.54) is 12.1 Å². The maximum absolute atomic E-state index is 12.9. The van der Waals surface area contributed by atoms with Crippen molar-refractivity contribution in [2.24, 2.45) is 0 Å². The van der Waals surface area contributed by atoms with E-state index in [1.54, 1.807) is 0 Å². The molecule has 84 valence electrons. The molecular formula is C12H17F2N. The lowest BCUT2D eigenvalue weighted by molar-refractivity contribution is 0.464. The zero-order valence-electron chi connectivity index (χ0n) is 9.35. The summed E-state index contributed by atoms with van der Waals surface area (Å²) in [5.41, 5.74) is 0.646. The minimum atomic E-state index is -0.525. The standard InChI is InChI=1S/C12H17F2N/c1-4-8(2)15-9(3)10-5-11(13)7-12(14)6-10/h5-9,15H,4H2,1-3H3/t8-,9-/m0/s1. The minimum absolute atomic E-state index is 0.0369. The maximum atomic E-state index is 12.9. The van der Waals surface area contributed by atoms with Gasteiger partial charge in [-0.05, 0) is 38.0 Å². The van der Waals surface area contributed by atoms with E-state index in [9.17, 15) is 8.78 Å². The van der Waals surface area contributed by atoms with Gasteiger partial charge in [0, 0.05) is 18.2 Å². The highest BCUT2D eigenvalue weighted by Crippen LogP contribution is 2.16. The predicted molar refractivity (Wildman–Crippen MR) is 57.7 cm³/mol. The topological polar surface area (TPSA) is 12.0 Å². The molecule has 0 saturated carbocycles. The third-order valence-electron chi connectivity index (χ3n) is 2.53. The first kappa shape index (κ1) is 12.1. The fourth-order valence-corrected chi connectivity index (χ4v) is 1.47. The van der Waals surface area contributed by atoms with Crippen molar-refractivity contribution in [2.75, 3.05) is 0 Å². The van der Waals surface area contributed by atoms with Crippen LogP contribution < -0.4 is 5.32 Å². The fraction of sp³-hybridized carbons (Fsp3) is 0.500. The molecule has 0 aliphatic carbocycles. The fourth-order valence-electron chi connectivity index (χ4n) is 1.47. The first-order chi connectivity index (χ1) is 7.02. The summed E-state index contributed by atoms with van der Waals surface area (Å²) in [6, 6.07) is 3.92. The van der Waals surface area contributed by atoms with Crippen molar-refractivity contribution < 1.29 is 8.78 Å². The molecular weight excluding hydrogens is 196 g/mol. The van der Waals surface area contributed by atoms with Gasteiger partial charge in [-0.1, -0.05) is 6.92 Å². The van der Waals surface area contributed by atoms with Crippen LogP contribution in [0.5, 0.6) is 0 Å². The van der Waals surface area contributed by atoms with E-state index in [-0.39, 0.29) is 6.04 Å². The van der Waals surface area contributed by atoms with Gasteiger partial charge in [0.1, 0.15) is 11.6 Å². The Morgan fingerprint density at radius 3 is 2.13 bits per heavy atom. The smallest absolute Gasteiger partial charge is 0.126 e. The SMILES string of the molecule is CC[C@H](C)N[C@@H](C)c1cc(F)cc(F)c1. The predicted octanol–water partition coefficient (Wildman–Crippen LogP) is 3.41. The van der Waals surface area contributed by atoms with Gasteiger partial charge in [-0.3, -0.25) is 0 Å². The summed E-state index contributed by atoms with van der Waals surface area (Å²) in [4.78, 5) is 0. The van der Waals surface area contributed by atoms with E-state index in [1.807, 2.05) is 13.8 Å². The zero-order chi connectivity index (χ0) is 11.4. The van der Waals surface area contributed by atoms with E-state index in [2.05, 4.69) is 12.2 Å². The Morgan fingerprint density at radius 1 is 1.13 bits per heavy atom. The largest absolute Gasteiger partial charge is 0.308 e. The summed E-state index contributed by atoms with van der Waals surface area (Å²) in [5.74, 6) is -1.05. The van der Waals surface area contributed by atoms with Crippen molar-refractivity contribution in [1.29, 1.82) is 0 Å². The number of hydrogen-bond donors (Lipinski definition) is 1. The molecule has 0 aliphatic heterocycles. The van der Waals surface area contributed by atoms with Crippen LogP contribution in [0, 0.1) is 11.6 Å². The second-order valence-electron chi connectivity index (χ2n) is 3.90. The molecule has 0 spiro atoms. The molecule has 3 heteroatoms. The Bertz CT molecular complexity index is 305. The van der Waals surface area contributed by atoms with Crippen LogP contribution in [0.25, 0.3) is 0 Å². The van der Waals surface area contributed by atoms with Gasteiger partial charge in [-0.25, -0.2) is 8.78 Å². The van der Waals surface area contributed by atoms with E-state index < -0.39 is 11.6 Å². The quantitative estimate of drug-likeness (QED) is 0.808. The molecule has 15 heavy (non-hydrogen) atoms. The molecule has 2 atom stereocenters. The number of hydrogen-bond acceptors (Lipinski definition) is 1. The highest BCUT2D eigenvalue weighted by atomic mass is 19.1. The molecule has 0 aromatic heterocycles. The molecule has 0 fully saturated rings. The summed E-state index contributed by atoms with van der Waals surface area (Å²) in [7, 11) is 0. The summed E-state index contributed by atoms with van der Waals surface area (Å²) < 4.78 is 25.9. The lowest BCUT2D eigenvalue weighted by atomic mass is 10.1. The van der Waals surface area contributed by atoms with Crippen molar-refractivity contribution in [3.63, 3.8) is 0 Å². The molecule has 0 unspecified atom stereocenters. The Kier molecular flexibility index (Phi) is 4.21. The third kappa shape index (κ3) is 3.59. The molecule has 1 N–H and O–H groups in total. The van der Waals surface area contributed by atoms with E-state index >= 15 is 0 Å². The van der Waals surface area contributed by atoms with Gasteiger partial charge in [0.2, 0.25) is 0 Å². The molecule has 1 rings (SSSR count). The highest BCUT2D eigenvalue weighted by Gasteiger charge is 2.10. The van der Waals surface area contributed by atoms with Crippen molar-refractivity contribution in [1.82, 2.24) is 5.32 Å². The second-order valence-corrected chi connectivity index (χ2v) is 3.90. The molecule has 1 aromatic carbocycles. The van der Waals surface area contributed by atoms with Gasteiger partial charge < -0.3 is 5.32 Å². The molecule has 0 bridgehead atoms. The molecule has 0 radical (unpaired) electrons. The molecule has 0 aliphatic rings. The first-order valence-corrected chi connectivity index (χ1v) is 5.25. The molecule has 1 nitrogen and oxygen atoms in total. The number of rotatable bonds is 4. The van der Waals surface area contributed by atoms with Crippen LogP contribution in [-0.4, -0.2) is 6.04 Å². The van der Waals surface area contributed by atoms with Crippen molar-refractivity contribution in [3.8, 4) is 0 Å². The average molecular weight is 213 g/mol. The van der Waals surface area contributed by atoms with E-state index in [4.69, 9.17) is 0 Å². The van der Waals surface area contributed by atoms with Crippen molar-refractivity contribution in [2.45, 2.75) is 39.3 Å². The average Bonchev–Trinajstić information content (AvgIpc) is 2.16. The molecule has 1 aromatic rings. The van der Waals surface area contributed by atoms with Crippen LogP contribution in [0.4, 0.5) is 8.78 Å². The lowest BCUT2D eigenvalue weighted by Crippen LogP contribution is -2.28. The third-order valence-corrected chi connectivity index (χ3v) is 2.53. The van der Waals surface area contributed by atoms with E-state index in [0.29, 0.717) is 11.6 Å². The van der Waals surface area contributed by atoms with Gasteiger partial charge >= 0.3 is 0 Å². The summed E-state index contributed by atoms with van der Waals surface area (Å²) >= 11 is 0. The Labute approximate surface area is 89.5 Å². The van der Waals surface area contributed by atoms with Gasteiger partial charge in [0.15, 0.2) is 0 Å². The number of nitrogens with one attached hydrogen (secondary N) is 1. The van der Waals surface area contributed by atoms with Crippen LogP contribution in [0.3, 0.4) is 0 Å². The first-order valence-electron chi connectivity index (χ1n) is 5.25. The van der Waals surface area contributed by atoms with E-state index in [0.717, 1.165) is 12.5 Å². The van der Waals surface area contributed by atoms with Crippen molar-refractivity contribution >= 4 is 0 Å². The Hall–Kier alpha value is -0.960. The Morgan fingerprint density at radius 2 is 1.67 bits per heavy atom. The lowest BCUT2D eigenvalue weighted by Gasteiger charge is -2.19. The molecule has 0 heterocycles. The van der Waals surface area contributed by atoms with Gasteiger partial charge in [0.25, 0.3) is 0 Å². The number of benzene rings is 1. The van der Waals surface area contributed by atoms with Crippen LogP contribution in [0.15, 0.2) is 18.2 Å². The summed E-state index contributed by atoms with van der Waals surface area (Å²) in [6.07, 6.45) is 0.988. The summed E-state index contributed by atoms with van der Waals surface area (Å²) in [5, 5.41) is 3.27. The van der Waals surface area contributed by atoms with Crippen LogP contribution >= 0.6 is 0 Å². The van der Waals surface area contributed by atoms with Gasteiger partial charge in [-0.15, -0.1) is 0 Å².